The molecule has 1 aromatic rings. The molecule has 1 saturated heterocycles. The summed E-state index contributed by atoms with van der Waals surface area (Å²) in [6.07, 6.45) is 1.36. The Bertz CT molecular complexity index is 623. The zero-order valence-electron chi connectivity index (χ0n) is 12.5. The number of hydrogen-bond donors (Lipinski definition) is 1. The summed E-state index contributed by atoms with van der Waals surface area (Å²) in [6, 6.07) is 0. The van der Waals surface area contributed by atoms with Crippen LogP contribution in [0.4, 0.5) is 5.88 Å². The molecule has 1 N–H and O–H groups in total. The van der Waals surface area contributed by atoms with Gasteiger partial charge in [0.25, 0.3) is 0 Å². The Balaban J connectivity index is 2.04. The molecule has 1 fully saturated rings. The molecule has 1 aliphatic heterocycles. The maximum atomic E-state index is 12.3. The fourth-order valence-electron chi connectivity index (χ4n) is 2.34. The first-order chi connectivity index (χ1) is 9.85. The van der Waals surface area contributed by atoms with Crippen LogP contribution in [-0.4, -0.2) is 42.6 Å². The van der Waals surface area contributed by atoms with E-state index in [0.29, 0.717) is 25.3 Å². The van der Waals surface area contributed by atoms with Crippen LogP contribution in [-0.2, 0) is 14.8 Å². The van der Waals surface area contributed by atoms with Crippen LogP contribution in [0.5, 0.6) is 0 Å². The molecule has 2 rings (SSSR count). The van der Waals surface area contributed by atoms with Gasteiger partial charge in [-0.05, 0) is 33.6 Å². The lowest BCUT2D eigenvalue weighted by Crippen LogP contribution is -2.44. The fraction of sp³-hybridized carbons (Fsp3) is 0.692. The van der Waals surface area contributed by atoms with Gasteiger partial charge in [0.05, 0.1) is 17.4 Å². The maximum absolute atomic E-state index is 12.3. The molecule has 0 aromatic carbocycles. The highest BCUT2D eigenvalue weighted by molar-refractivity contribution is 7.89. The molecule has 1 atom stereocenters. The number of amides is 1. The lowest BCUT2D eigenvalue weighted by Gasteiger charge is -2.30. The van der Waals surface area contributed by atoms with E-state index in [-0.39, 0.29) is 24.1 Å². The lowest BCUT2D eigenvalue weighted by molar-refractivity contribution is -0.121. The third kappa shape index (κ3) is 3.44. The van der Waals surface area contributed by atoms with Crippen molar-refractivity contribution in [3.8, 4) is 0 Å². The van der Waals surface area contributed by atoms with E-state index in [2.05, 4.69) is 10.5 Å². The number of hydrogen-bond acceptors (Lipinski definition) is 5. The zero-order chi connectivity index (χ0) is 15.6. The Morgan fingerprint density at radius 3 is 2.76 bits per heavy atom. The van der Waals surface area contributed by atoms with E-state index in [0.717, 1.165) is 11.3 Å². The molecule has 0 bridgehead atoms. The zero-order valence-corrected chi connectivity index (χ0v) is 13.4. The summed E-state index contributed by atoms with van der Waals surface area (Å²) in [7, 11) is -3.25. The number of nitrogens with zero attached hydrogens (tertiary/aromatic N) is 2. The summed E-state index contributed by atoms with van der Waals surface area (Å²) in [5.74, 6) is -0.176. The number of piperidine rings is 1. The number of anilines is 1. The van der Waals surface area contributed by atoms with Gasteiger partial charge in [-0.25, -0.2) is 12.7 Å². The number of nitrogens with one attached hydrogen (secondary N) is 1. The Morgan fingerprint density at radius 2 is 2.19 bits per heavy atom. The van der Waals surface area contributed by atoms with E-state index in [1.807, 2.05) is 6.92 Å². The van der Waals surface area contributed by atoms with Crippen LogP contribution in [0.15, 0.2) is 4.52 Å². The molecule has 118 valence electrons. The summed E-state index contributed by atoms with van der Waals surface area (Å²) >= 11 is 0. The molecule has 1 aromatic heterocycles. The Morgan fingerprint density at radius 1 is 1.48 bits per heavy atom. The highest BCUT2D eigenvalue weighted by Crippen LogP contribution is 2.23. The Kier molecular flexibility index (Phi) is 4.67. The smallest absolute Gasteiger partial charge is 0.234 e. The molecule has 0 spiro atoms. The van der Waals surface area contributed by atoms with Crippen LogP contribution in [0, 0.1) is 19.8 Å². The van der Waals surface area contributed by atoms with Crippen molar-refractivity contribution in [1.29, 1.82) is 0 Å². The molecule has 0 saturated carbocycles. The van der Waals surface area contributed by atoms with Crippen molar-refractivity contribution in [2.45, 2.75) is 33.6 Å². The molecule has 1 aliphatic rings. The third-order valence-corrected chi connectivity index (χ3v) is 5.76. The minimum Gasteiger partial charge on any atom is -0.338 e. The van der Waals surface area contributed by atoms with Crippen LogP contribution >= 0.6 is 0 Å². The number of aryl methyl sites for hydroxylation is 1. The van der Waals surface area contributed by atoms with Crippen molar-refractivity contribution in [2.24, 2.45) is 5.92 Å². The van der Waals surface area contributed by atoms with Crippen molar-refractivity contribution in [3.05, 3.63) is 11.3 Å². The van der Waals surface area contributed by atoms with Crippen molar-refractivity contribution < 1.29 is 17.7 Å². The highest BCUT2D eigenvalue weighted by atomic mass is 32.2. The number of aromatic nitrogens is 1. The molecule has 0 aliphatic carbocycles. The van der Waals surface area contributed by atoms with E-state index in [9.17, 15) is 13.2 Å². The van der Waals surface area contributed by atoms with Gasteiger partial charge in [-0.2, -0.15) is 0 Å². The van der Waals surface area contributed by atoms with Crippen LogP contribution < -0.4 is 5.32 Å². The van der Waals surface area contributed by atoms with Gasteiger partial charge in [-0.3, -0.25) is 10.1 Å². The third-order valence-electron chi connectivity index (χ3n) is 3.91. The van der Waals surface area contributed by atoms with E-state index in [1.54, 1.807) is 13.8 Å². The first kappa shape index (κ1) is 16.0. The van der Waals surface area contributed by atoms with Crippen molar-refractivity contribution in [1.82, 2.24) is 9.46 Å². The summed E-state index contributed by atoms with van der Waals surface area (Å²) in [6.45, 7) is 5.94. The van der Waals surface area contributed by atoms with Crippen molar-refractivity contribution in [3.63, 3.8) is 0 Å². The number of carbonyl (C=O) groups is 1. The highest BCUT2D eigenvalue weighted by Gasteiger charge is 2.32. The molecular formula is C13H21N3O4S. The van der Waals surface area contributed by atoms with Gasteiger partial charge in [0.15, 0.2) is 0 Å². The average Bonchev–Trinajstić information content (AvgIpc) is 2.79. The summed E-state index contributed by atoms with van der Waals surface area (Å²) in [4.78, 5) is 12.3. The summed E-state index contributed by atoms with van der Waals surface area (Å²) in [5, 5.41) is 6.49. The molecular weight excluding hydrogens is 294 g/mol. The van der Waals surface area contributed by atoms with E-state index in [1.165, 1.54) is 4.31 Å². The van der Waals surface area contributed by atoms with Crippen molar-refractivity contribution in [2.75, 3.05) is 24.2 Å². The van der Waals surface area contributed by atoms with Gasteiger partial charge < -0.3 is 4.52 Å². The van der Waals surface area contributed by atoms with Crippen LogP contribution in [0.2, 0.25) is 0 Å². The molecule has 0 radical (unpaired) electrons. The van der Waals surface area contributed by atoms with Gasteiger partial charge in [-0.1, -0.05) is 5.16 Å². The van der Waals surface area contributed by atoms with E-state index >= 15 is 0 Å². The van der Waals surface area contributed by atoms with E-state index < -0.39 is 10.0 Å². The lowest BCUT2D eigenvalue weighted by atomic mass is 9.99. The second-order valence-electron chi connectivity index (χ2n) is 5.31. The molecule has 1 amide bonds. The number of carbonyl (C=O) groups excluding carboxylic acids is 1. The molecule has 21 heavy (non-hydrogen) atoms. The first-order valence-corrected chi connectivity index (χ1v) is 8.67. The van der Waals surface area contributed by atoms with Gasteiger partial charge in [-0.15, -0.1) is 0 Å². The van der Waals surface area contributed by atoms with Gasteiger partial charge in [0, 0.05) is 18.7 Å². The van der Waals surface area contributed by atoms with Crippen LogP contribution in [0.25, 0.3) is 0 Å². The molecule has 2 heterocycles. The van der Waals surface area contributed by atoms with E-state index in [4.69, 9.17) is 4.52 Å². The normalized spacial score (nSPS) is 20.4. The van der Waals surface area contributed by atoms with Gasteiger partial charge >= 0.3 is 0 Å². The van der Waals surface area contributed by atoms with Crippen LogP contribution in [0.1, 0.15) is 31.0 Å². The predicted octanol–water partition coefficient (Wildman–Crippen LogP) is 1.29. The van der Waals surface area contributed by atoms with Crippen molar-refractivity contribution >= 4 is 21.8 Å². The molecule has 7 nitrogen and oxygen atoms in total. The minimum absolute atomic E-state index is 0.0573. The number of rotatable bonds is 4. The summed E-state index contributed by atoms with van der Waals surface area (Å²) < 4.78 is 30.3. The minimum atomic E-state index is -3.25. The summed E-state index contributed by atoms with van der Waals surface area (Å²) in [5.41, 5.74) is 1.52. The monoisotopic (exact) mass is 315 g/mol. The Hall–Kier alpha value is -1.41. The average molecular weight is 315 g/mol. The Labute approximate surface area is 124 Å². The fourth-order valence-corrected chi connectivity index (χ4v) is 3.52. The quantitative estimate of drug-likeness (QED) is 0.904. The molecule has 0 unspecified atom stereocenters. The maximum Gasteiger partial charge on any atom is 0.234 e. The topological polar surface area (TPSA) is 92.5 Å². The second kappa shape index (κ2) is 6.15. The largest absolute Gasteiger partial charge is 0.338 e. The van der Waals surface area contributed by atoms with Gasteiger partial charge in [0.1, 0.15) is 0 Å². The molecule has 8 heteroatoms. The second-order valence-corrected chi connectivity index (χ2v) is 7.57. The predicted molar refractivity (Wildman–Crippen MR) is 78.4 cm³/mol. The number of sulfonamides is 1. The first-order valence-electron chi connectivity index (χ1n) is 7.06. The SMILES string of the molecule is CCS(=O)(=O)N1CCC[C@H](C(=O)Nc2onc(C)c2C)C1. The van der Waals surface area contributed by atoms with Gasteiger partial charge in [0.2, 0.25) is 21.8 Å². The van der Waals surface area contributed by atoms with Crippen LogP contribution in [0.3, 0.4) is 0 Å². The standard InChI is InChI=1S/C13H21N3O4S/c1-4-21(18,19)16-7-5-6-11(8-16)12(17)14-13-9(2)10(3)15-20-13/h11H,4-8H2,1-3H3,(H,14,17)/t11-/m0/s1.